The van der Waals surface area contributed by atoms with Crippen LogP contribution in [0.2, 0.25) is 0 Å². The zero-order valence-corrected chi connectivity index (χ0v) is 10.4. The number of nitrogens with one attached hydrogen (secondary N) is 1. The Labute approximate surface area is 99.8 Å². The predicted octanol–water partition coefficient (Wildman–Crippen LogP) is -1.89. The fourth-order valence-electron chi connectivity index (χ4n) is 1.93. The first kappa shape index (κ1) is 12.5. The highest BCUT2D eigenvalue weighted by Gasteiger charge is 2.35. The van der Waals surface area contributed by atoms with Crippen molar-refractivity contribution in [3.05, 3.63) is 12.2 Å². The molecule has 1 aliphatic heterocycles. The lowest BCUT2D eigenvalue weighted by Crippen LogP contribution is -2.40. The molecule has 2 unspecified atom stereocenters. The molecule has 1 saturated heterocycles. The van der Waals surface area contributed by atoms with Gasteiger partial charge in [-0.3, -0.25) is 0 Å². The Hall–Kier alpha value is -0.990. The van der Waals surface area contributed by atoms with E-state index in [0.29, 0.717) is 13.0 Å². The highest BCUT2D eigenvalue weighted by Crippen LogP contribution is 2.12. The molecule has 1 aromatic rings. The second-order valence-electron chi connectivity index (χ2n) is 4.31. The molecule has 0 aromatic carbocycles. The third kappa shape index (κ3) is 3.02. The predicted molar refractivity (Wildman–Crippen MR) is 61.2 cm³/mol. The highest BCUT2D eigenvalue weighted by atomic mass is 32.2. The van der Waals surface area contributed by atoms with Crippen molar-refractivity contribution in [1.82, 2.24) is 20.1 Å². The minimum absolute atomic E-state index is 0.00693. The van der Waals surface area contributed by atoms with E-state index in [1.807, 2.05) is 11.6 Å². The number of aliphatic hydroxyl groups excluding tert-OH is 1. The molecule has 2 N–H and O–H groups in total. The third-order valence-corrected chi connectivity index (χ3v) is 4.60. The van der Waals surface area contributed by atoms with Gasteiger partial charge in [0.1, 0.15) is 12.2 Å². The Balaban J connectivity index is 1.82. The number of aromatic nitrogens is 3. The fraction of sp³-hybridized carbons (Fsp3) is 0.778. The number of sulfone groups is 1. The summed E-state index contributed by atoms with van der Waals surface area (Å²) >= 11 is 0. The monoisotopic (exact) mass is 260 g/mol. The van der Waals surface area contributed by atoms with Gasteiger partial charge in [0, 0.05) is 26.1 Å². The van der Waals surface area contributed by atoms with Crippen LogP contribution in [-0.4, -0.2) is 58.5 Å². The van der Waals surface area contributed by atoms with E-state index in [-0.39, 0.29) is 17.5 Å². The molecule has 2 rings (SSSR count). The molecule has 17 heavy (non-hydrogen) atoms. The topological polar surface area (TPSA) is 97.1 Å². The minimum atomic E-state index is -3.08. The van der Waals surface area contributed by atoms with E-state index in [2.05, 4.69) is 15.5 Å². The number of aliphatic hydroxyl groups is 1. The van der Waals surface area contributed by atoms with Gasteiger partial charge in [-0.25, -0.2) is 8.42 Å². The molecule has 8 heteroatoms. The van der Waals surface area contributed by atoms with Gasteiger partial charge in [0.15, 0.2) is 9.84 Å². The fourth-order valence-corrected chi connectivity index (χ4v) is 3.70. The van der Waals surface area contributed by atoms with Gasteiger partial charge in [-0.15, -0.1) is 10.2 Å². The van der Waals surface area contributed by atoms with Crippen molar-refractivity contribution in [3.63, 3.8) is 0 Å². The van der Waals surface area contributed by atoms with E-state index in [9.17, 15) is 13.5 Å². The summed E-state index contributed by atoms with van der Waals surface area (Å²) < 4.78 is 24.4. The summed E-state index contributed by atoms with van der Waals surface area (Å²) in [4.78, 5) is 0. The molecule has 0 bridgehead atoms. The Kier molecular flexibility index (Phi) is 3.45. The van der Waals surface area contributed by atoms with Crippen LogP contribution in [0.4, 0.5) is 0 Å². The highest BCUT2D eigenvalue weighted by molar-refractivity contribution is 7.91. The maximum atomic E-state index is 11.3. The molecular formula is C9H16N4O3S. The lowest BCUT2D eigenvalue weighted by molar-refractivity contribution is 0.166. The Bertz CT molecular complexity index is 484. The summed E-state index contributed by atoms with van der Waals surface area (Å²) in [5.74, 6) is 0.689. The van der Waals surface area contributed by atoms with Crippen LogP contribution < -0.4 is 5.32 Å². The van der Waals surface area contributed by atoms with Crippen LogP contribution in [0.5, 0.6) is 0 Å². The van der Waals surface area contributed by atoms with Crippen LogP contribution >= 0.6 is 0 Å². The molecule has 2 atom stereocenters. The van der Waals surface area contributed by atoms with Crippen LogP contribution in [0.25, 0.3) is 0 Å². The Morgan fingerprint density at radius 1 is 1.59 bits per heavy atom. The zero-order valence-electron chi connectivity index (χ0n) is 9.57. The van der Waals surface area contributed by atoms with Gasteiger partial charge in [0.05, 0.1) is 17.6 Å². The maximum absolute atomic E-state index is 11.3. The lowest BCUT2D eigenvalue weighted by atomic mass is 10.2. The van der Waals surface area contributed by atoms with Crippen LogP contribution in [0.3, 0.4) is 0 Å². The van der Waals surface area contributed by atoms with Crippen LogP contribution in [0.1, 0.15) is 5.82 Å². The van der Waals surface area contributed by atoms with Gasteiger partial charge in [-0.05, 0) is 0 Å². The van der Waals surface area contributed by atoms with Crippen molar-refractivity contribution in [2.75, 3.05) is 18.1 Å². The largest absolute Gasteiger partial charge is 0.390 e. The molecule has 0 radical (unpaired) electrons. The SMILES string of the molecule is Cn1cnnc1CCNC1CS(=O)(=O)CC1O. The van der Waals surface area contributed by atoms with Gasteiger partial charge < -0.3 is 15.0 Å². The number of aryl methyl sites for hydroxylation is 1. The van der Waals surface area contributed by atoms with E-state index >= 15 is 0 Å². The van der Waals surface area contributed by atoms with Gasteiger partial charge >= 0.3 is 0 Å². The first-order valence-electron chi connectivity index (χ1n) is 5.43. The number of hydrogen-bond acceptors (Lipinski definition) is 6. The summed E-state index contributed by atoms with van der Waals surface area (Å²) in [6, 6.07) is -0.367. The molecule has 1 aromatic heterocycles. The van der Waals surface area contributed by atoms with Crippen LogP contribution in [0, 0.1) is 0 Å². The molecule has 1 fully saturated rings. The van der Waals surface area contributed by atoms with E-state index in [1.54, 1.807) is 6.33 Å². The molecule has 0 aliphatic carbocycles. The van der Waals surface area contributed by atoms with Gasteiger partial charge in [-0.2, -0.15) is 0 Å². The molecule has 1 aliphatic rings. The second kappa shape index (κ2) is 4.71. The Morgan fingerprint density at radius 3 is 2.88 bits per heavy atom. The third-order valence-electron chi connectivity index (χ3n) is 2.88. The lowest BCUT2D eigenvalue weighted by Gasteiger charge is -2.14. The van der Waals surface area contributed by atoms with E-state index in [1.165, 1.54) is 0 Å². The van der Waals surface area contributed by atoms with E-state index < -0.39 is 15.9 Å². The Morgan fingerprint density at radius 2 is 2.35 bits per heavy atom. The molecule has 0 saturated carbocycles. The average Bonchev–Trinajstić information content (AvgIpc) is 2.72. The average molecular weight is 260 g/mol. The summed E-state index contributed by atoms with van der Waals surface area (Å²) in [5.41, 5.74) is 0. The number of rotatable bonds is 4. The van der Waals surface area contributed by atoms with E-state index in [0.717, 1.165) is 5.82 Å². The normalized spacial score (nSPS) is 27.4. The molecular weight excluding hydrogens is 244 g/mol. The van der Waals surface area contributed by atoms with Gasteiger partial charge in [-0.1, -0.05) is 0 Å². The van der Waals surface area contributed by atoms with E-state index in [4.69, 9.17) is 0 Å². The summed E-state index contributed by atoms with van der Waals surface area (Å²) in [6.07, 6.45) is 1.46. The molecule has 0 amide bonds. The van der Waals surface area contributed by atoms with Crippen molar-refractivity contribution in [1.29, 1.82) is 0 Å². The maximum Gasteiger partial charge on any atom is 0.154 e. The first-order valence-corrected chi connectivity index (χ1v) is 7.25. The summed E-state index contributed by atoms with van der Waals surface area (Å²) in [5, 5.41) is 20.3. The first-order chi connectivity index (χ1) is 7.98. The van der Waals surface area contributed by atoms with Crippen LogP contribution in [0.15, 0.2) is 6.33 Å². The molecule has 96 valence electrons. The van der Waals surface area contributed by atoms with Gasteiger partial charge in [0.2, 0.25) is 0 Å². The quantitative estimate of drug-likeness (QED) is 0.656. The van der Waals surface area contributed by atoms with Crippen molar-refractivity contribution in [3.8, 4) is 0 Å². The number of hydrogen-bond donors (Lipinski definition) is 2. The zero-order chi connectivity index (χ0) is 12.5. The smallest absolute Gasteiger partial charge is 0.154 e. The number of nitrogens with zero attached hydrogens (tertiary/aromatic N) is 3. The van der Waals surface area contributed by atoms with Crippen molar-refractivity contribution < 1.29 is 13.5 Å². The minimum Gasteiger partial charge on any atom is -0.390 e. The van der Waals surface area contributed by atoms with Gasteiger partial charge in [0.25, 0.3) is 0 Å². The van der Waals surface area contributed by atoms with Crippen molar-refractivity contribution >= 4 is 9.84 Å². The summed E-state index contributed by atoms with van der Waals surface area (Å²) in [7, 11) is -1.23. The van der Waals surface area contributed by atoms with Crippen molar-refractivity contribution in [2.24, 2.45) is 7.05 Å². The van der Waals surface area contributed by atoms with Crippen molar-refractivity contribution in [2.45, 2.75) is 18.6 Å². The summed E-state index contributed by atoms with van der Waals surface area (Å²) in [6.45, 7) is 0.573. The molecule has 2 heterocycles. The molecule has 7 nitrogen and oxygen atoms in total. The van der Waals surface area contributed by atoms with Crippen LogP contribution in [-0.2, 0) is 23.3 Å². The second-order valence-corrected chi connectivity index (χ2v) is 6.47. The molecule has 0 spiro atoms. The standard InChI is InChI=1S/C9H16N4O3S/c1-13-6-11-12-9(13)2-3-10-7-4-17(15,16)5-8(7)14/h6-8,10,14H,2-5H2,1H3.